The van der Waals surface area contributed by atoms with E-state index < -0.39 is 16.6 Å². The maximum absolute atomic E-state index is 14.1. The molecule has 1 saturated carbocycles. The van der Waals surface area contributed by atoms with Crippen molar-refractivity contribution in [2.45, 2.75) is 76.0 Å². The Bertz CT molecular complexity index is 1240. The molecule has 0 radical (unpaired) electrons. The molecule has 35 heavy (non-hydrogen) atoms. The fraction of sp³-hybridized carbons (Fsp3) is 0.643. The molecule has 6 aliphatic heterocycles. The van der Waals surface area contributed by atoms with Crippen LogP contribution in [-0.4, -0.2) is 58.4 Å². The van der Waals surface area contributed by atoms with Crippen LogP contribution in [0.5, 0.6) is 11.5 Å². The van der Waals surface area contributed by atoms with Crippen molar-refractivity contribution in [2.75, 3.05) is 25.5 Å². The van der Waals surface area contributed by atoms with E-state index in [-0.39, 0.29) is 28.7 Å². The second-order valence-electron chi connectivity index (χ2n) is 13.0. The molecule has 7 nitrogen and oxygen atoms in total. The highest BCUT2D eigenvalue weighted by Gasteiger charge is 2.80. The molecule has 6 heterocycles. The number of fused-ring (bicyclic) bond motifs is 5. The fourth-order valence-corrected chi connectivity index (χ4v) is 9.05. The number of carbonyl (C=O) groups excluding carboxylic acids is 2. The number of nitrogens with zero attached hydrogens (tertiary/aromatic N) is 2. The number of amides is 2. The van der Waals surface area contributed by atoms with E-state index in [1.54, 1.807) is 6.26 Å². The van der Waals surface area contributed by atoms with Crippen LogP contribution in [0, 0.1) is 17.3 Å². The van der Waals surface area contributed by atoms with Crippen LogP contribution in [0.4, 0.5) is 5.69 Å². The van der Waals surface area contributed by atoms with E-state index in [4.69, 9.17) is 9.47 Å². The predicted octanol–water partition coefficient (Wildman–Crippen LogP) is 3.68. The first-order valence-corrected chi connectivity index (χ1v) is 13.0. The lowest BCUT2D eigenvalue weighted by atomic mass is 9.56. The molecule has 5 atom stereocenters. The van der Waals surface area contributed by atoms with Gasteiger partial charge in [0.15, 0.2) is 11.5 Å². The van der Waals surface area contributed by atoms with Gasteiger partial charge in [-0.05, 0) is 74.6 Å². The van der Waals surface area contributed by atoms with Crippen LogP contribution in [0.15, 0.2) is 24.5 Å². The summed E-state index contributed by atoms with van der Waals surface area (Å²) in [5, 5.41) is 3.22. The largest absolute Gasteiger partial charge is 0.480 e. The van der Waals surface area contributed by atoms with Crippen LogP contribution in [0.2, 0.25) is 0 Å². The lowest BCUT2D eigenvalue weighted by Gasteiger charge is -2.65. The van der Waals surface area contributed by atoms with E-state index in [1.807, 2.05) is 33.0 Å². The van der Waals surface area contributed by atoms with Crippen molar-refractivity contribution in [3.63, 3.8) is 0 Å². The summed E-state index contributed by atoms with van der Waals surface area (Å²) in [6, 6.07) is 4.01. The summed E-state index contributed by atoms with van der Waals surface area (Å²) in [5.74, 6) is 2.01. The number of benzene rings is 1. The molecule has 1 aromatic rings. The van der Waals surface area contributed by atoms with Gasteiger partial charge in [-0.1, -0.05) is 26.8 Å². The van der Waals surface area contributed by atoms with E-state index in [9.17, 15) is 9.59 Å². The summed E-state index contributed by atoms with van der Waals surface area (Å²) in [7, 11) is 1.99. The van der Waals surface area contributed by atoms with Crippen molar-refractivity contribution < 1.29 is 19.1 Å². The summed E-state index contributed by atoms with van der Waals surface area (Å²) in [6.07, 6.45) is 6.05. The summed E-state index contributed by atoms with van der Waals surface area (Å²) in [6.45, 7) is 12.5. The van der Waals surface area contributed by atoms with E-state index in [0.29, 0.717) is 29.5 Å². The van der Waals surface area contributed by atoms with E-state index in [2.05, 4.69) is 42.0 Å². The Morgan fingerprint density at radius 2 is 1.91 bits per heavy atom. The van der Waals surface area contributed by atoms with Crippen LogP contribution in [0.1, 0.15) is 59.4 Å². The molecular formula is C28H35N3O4. The van der Waals surface area contributed by atoms with Crippen LogP contribution >= 0.6 is 0 Å². The van der Waals surface area contributed by atoms with Crippen molar-refractivity contribution in [2.24, 2.45) is 17.3 Å². The Morgan fingerprint density at radius 3 is 2.69 bits per heavy atom. The van der Waals surface area contributed by atoms with Gasteiger partial charge in [-0.3, -0.25) is 14.5 Å². The Labute approximate surface area is 206 Å². The maximum atomic E-state index is 14.1. The molecule has 2 bridgehead atoms. The van der Waals surface area contributed by atoms with Gasteiger partial charge in [0.25, 0.3) is 0 Å². The zero-order chi connectivity index (χ0) is 24.8. The Morgan fingerprint density at radius 1 is 1.14 bits per heavy atom. The molecule has 1 aromatic carbocycles. The molecule has 2 amide bonds. The third-order valence-electron chi connectivity index (χ3n) is 11.0. The summed E-state index contributed by atoms with van der Waals surface area (Å²) < 4.78 is 12.3. The number of hydrogen-bond acceptors (Lipinski definition) is 5. The molecule has 1 aliphatic carbocycles. The molecule has 4 saturated heterocycles. The Balaban J connectivity index is 1.41. The molecule has 7 heteroatoms. The monoisotopic (exact) mass is 477 g/mol. The molecule has 7 aliphatic rings. The molecule has 3 spiro atoms. The van der Waals surface area contributed by atoms with Gasteiger partial charge in [-0.25, -0.2) is 0 Å². The first kappa shape index (κ1) is 21.7. The van der Waals surface area contributed by atoms with Crippen LogP contribution in [-0.2, 0) is 15.0 Å². The maximum Gasteiger partial charge on any atom is 0.243 e. The van der Waals surface area contributed by atoms with Gasteiger partial charge in [0.2, 0.25) is 11.8 Å². The third kappa shape index (κ3) is 2.16. The number of nitrogens with one attached hydrogen (secondary N) is 1. The first-order chi connectivity index (χ1) is 16.4. The summed E-state index contributed by atoms with van der Waals surface area (Å²) in [5.41, 5.74) is -0.714. The highest BCUT2D eigenvalue weighted by atomic mass is 16.5. The topological polar surface area (TPSA) is 71.1 Å². The van der Waals surface area contributed by atoms with Crippen molar-refractivity contribution in [3.05, 3.63) is 30.0 Å². The zero-order valence-electron chi connectivity index (χ0n) is 21.5. The predicted molar refractivity (Wildman–Crippen MR) is 131 cm³/mol. The van der Waals surface area contributed by atoms with Gasteiger partial charge in [0.1, 0.15) is 11.1 Å². The van der Waals surface area contributed by atoms with Gasteiger partial charge < -0.3 is 19.7 Å². The van der Waals surface area contributed by atoms with Gasteiger partial charge in [0.05, 0.1) is 22.9 Å². The third-order valence-corrected chi connectivity index (χ3v) is 11.0. The lowest BCUT2D eigenvalue weighted by Crippen LogP contribution is -2.79. The summed E-state index contributed by atoms with van der Waals surface area (Å²) >= 11 is 0. The average molecular weight is 478 g/mol. The molecular weight excluding hydrogens is 442 g/mol. The number of rotatable bonds is 0. The van der Waals surface area contributed by atoms with Gasteiger partial charge >= 0.3 is 0 Å². The number of piperidine rings is 2. The molecule has 8 rings (SSSR count). The van der Waals surface area contributed by atoms with Gasteiger partial charge in [-0.2, -0.15) is 0 Å². The molecule has 5 fully saturated rings. The highest BCUT2D eigenvalue weighted by molar-refractivity contribution is 6.09. The van der Waals surface area contributed by atoms with Crippen molar-refractivity contribution in [3.8, 4) is 11.5 Å². The Hall–Kier alpha value is -2.54. The number of anilines is 1. The number of piperazine rings is 1. The van der Waals surface area contributed by atoms with Crippen LogP contribution in [0.25, 0.3) is 0 Å². The number of ether oxygens (including phenoxy) is 2. The minimum Gasteiger partial charge on any atom is -0.480 e. The lowest BCUT2D eigenvalue weighted by molar-refractivity contribution is -0.189. The highest BCUT2D eigenvalue weighted by Crippen LogP contribution is 2.72. The quantitative estimate of drug-likeness (QED) is 0.617. The van der Waals surface area contributed by atoms with Crippen molar-refractivity contribution in [1.82, 2.24) is 9.80 Å². The second kappa shape index (κ2) is 6.05. The molecule has 0 aromatic heterocycles. The number of hydrogen-bond donors (Lipinski definition) is 1. The number of likely N-dealkylation sites (N-methyl/N-ethyl adjacent to an activating group) is 1. The molecule has 1 N–H and O–H groups in total. The smallest absolute Gasteiger partial charge is 0.243 e. The van der Waals surface area contributed by atoms with Crippen molar-refractivity contribution >= 4 is 17.5 Å². The fourth-order valence-electron chi connectivity index (χ4n) is 9.05. The van der Waals surface area contributed by atoms with E-state index in [0.717, 1.165) is 31.5 Å². The zero-order valence-corrected chi connectivity index (χ0v) is 21.5. The standard InChI is InChI=1S/C28H35N3O4/c1-16-9-11-31-15-26-14-27(25(4,5)19(26)13-28(16,31)23(33)30(26)6)17-7-8-18-21(20(17)29-22(27)32)34-12-10-24(2,3)35-18/h7-8,10,12,16,19H,9,11,13-15H2,1-6H3,(H,29,32)/t16-,19?,26+,27+,28+/m1/s1. The first-order valence-electron chi connectivity index (χ1n) is 13.0. The SMILES string of the molecule is C[C@@H]1CCN2C[C@@]34C[C@]5(C(=O)Nc6c5ccc5c6OC=CC(C)(C)O5)C(C)(C)C3C[C@@]12C(=O)N4C. The summed E-state index contributed by atoms with van der Waals surface area (Å²) in [4.78, 5) is 32.6. The van der Waals surface area contributed by atoms with Gasteiger partial charge in [0, 0.05) is 13.6 Å². The minimum atomic E-state index is -0.750. The second-order valence-corrected chi connectivity index (χ2v) is 13.0. The minimum absolute atomic E-state index is 0.0146. The average Bonchev–Trinajstić information content (AvgIpc) is 3.29. The van der Waals surface area contributed by atoms with Crippen molar-refractivity contribution in [1.29, 1.82) is 0 Å². The van der Waals surface area contributed by atoms with E-state index >= 15 is 0 Å². The van der Waals surface area contributed by atoms with E-state index in [1.165, 1.54) is 0 Å². The van der Waals surface area contributed by atoms with Gasteiger partial charge in [-0.15, -0.1) is 0 Å². The Kier molecular flexibility index (Phi) is 3.75. The normalized spacial score (nSPS) is 41.6. The molecule has 186 valence electrons. The number of carbonyl (C=O) groups is 2. The van der Waals surface area contributed by atoms with Crippen LogP contribution < -0.4 is 14.8 Å². The molecule has 1 unspecified atom stereocenters. The van der Waals surface area contributed by atoms with Crippen LogP contribution in [0.3, 0.4) is 0 Å².